The van der Waals surface area contributed by atoms with Crippen LogP contribution >= 0.6 is 0 Å². The van der Waals surface area contributed by atoms with Gasteiger partial charge in [-0.25, -0.2) is 0 Å². The van der Waals surface area contributed by atoms with E-state index < -0.39 is 0 Å². The molecule has 0 unspecified atom stereocenters. The first-order valence-electron chi connectivity index (χ1n) is 13.2. The summed E-state index contributed by atoms with van der Waals surface area (Å²) in [6.07, 6.45) is 22.2. The van der Waals surface area contributed by atoms with E-state index in [2.05, 4.69) is 59.8 Å². The van der Waals surface area contributed by atoms with Crippen LogP contribution in [0.5, 0.6) is 0 Å². The molecule has 4 aliphatic carbocycles. The second kappa shape index (κ2) is 8.20. The summed E-state index contributed by atoms with van der Waals surface area (Å²) in [5.41, 5.74) is 2.76. The molecule has 0 N–H and O–H groups in total. The molecule has 0 aliphatic heterocycles. The zero-order valence-electron chi connectivity index (χ0n) is 20.3. The molecule has 0 bridgehead atoms. The van der Waals surface area contributed by atoms with Crippen LogP contribution in [0.25, 0.3) is 0 Å². The molecule has 4 rings (SSSR count). The Morgan fingerprint density at radius 2 is 1.79 bits per heavy atom. The molecule has 0 aromatic rings. The lowest BCUT2D eigenvalue weighted by atomic mass is 9.48. The Labute approximate surface area is 182 Å². The van der Waals surface area contributed by atoms with E-state index in [1.807, 2.05) is 0 Å². The summed E-state index contributed by atoms with van der Waals surface area (Å²) < 4.78 is 0. The van der Waals surface area contributed by atoms with Gasteiger partial charge in [-0.1, -0.05) is 72.6 Å². The minimum Gasteiger partial charge on any atom is -0.0808 e. The molecule has 4 aliphatic rings. The Kier molecular flexibility index (Phi) is 6.14. The van der Waals surface area contributed by atoms with Gasteiger partial charge >= 0.3 is 0 Å². The fourth-order valence-corrected chi connectivity index (χ4v) is 8.85. The maximum Gasteiger partial charge on any atom is -0.00445 e. The zero-order valence-corrected chi connectivity index (χ0v) is 20.3. The maximum absolute atomic E-state index is 2.71. The summed E-state index contributed by atoms with van der Waals surface area (Å²) in [6.45, 7) is 15.2. The third-order valence-corrected chi connectivity index (χ3v) is 10.8. The normalized spacial score (nSPS) is 43.3. The monoisotopic (exact) mass is 396 g/mol. The summed E-state index contributed by atoms with van der Waals surface area (Å²) in [4.78, 5) is 0. The fourth-order valence-electron chi connectivity index (χ4n) is 8.85. The number of fused-ring (bicyclic) bond motifs is 5. The standard InChI is InChI=1S/C29H48/c1-7-22(20(2)3)12-11-21(4)25-15-16-26-24-14-13-23-10-8-9-18-28(23,5)27(24)17-19-29(25,26)6/h10,13-14,20-22,24-27H,7-9,11-12,15-19H2,1-6H3/t21-,22-,24+,25-,26+,27+,28+,29-/m1/s1. The molecular weight excluding hydrogens is 348 g/mol. The van der Waals surface area contributed by atoms with Crippen molar-refractivity contribution in [2.75, 3.05) is 0 Å². The Balaban J connectivity index is 1.49. The van der Waals surface area contributed by atoms with Crippen LogP contribution < -0.4 is 0 Å². The summed E-state index contributed by atoms with van der Waals surface area (Å²) >= 11 is 0. The quantitative estimate of drug-likeness (QED) is 0.420. The Hall–Kier alpha value is -0.520. The van der Waals surface area contributed by atoms with E-state index >= 15 is 0 Å². The van der Waals surface area contributed by atoms with Gasteiger partial charge in [-0.3, -0.25) is 0 Å². The van der Waals surface area contributed by atoms with Crippen LogP contribution in [0.2, 0.25) is 0 Å². The topological polar surface area (TPSA) is 0 Å². The van der Waals surface area contributed by atoms with Crippen molar-refractivity contribution in [2.24, 2.45) is 52.3 Å². The third kappa shape index (κ3) is 3.59. The van der Waals surface area contributed by atoms with Gasteiger partial charge in [0.25, 0.3) is 0 Å². The van der Waals surface area contributed by atoms with Crippen LogP contribution in [-0.4, -0.2) is 0 Å². The summed E-state index contributed by atoms with van der Waals surface area (Å²) in [7, 11) is 0. The van der Waals surface area contributed by atoms with Crippen molar-refractivity contribution in [1.29, 1.82) is 0 Å². The summed E-state index contributed by atoms with van der Waals surface area (Å²) in [5.74, 6) is 6.35. The molecule has 0 saturated heterocycles. The first-order valence-corrected chi connectivity index (χ1v) is 13.2. The molecule has 8 atom stereocenters. The molecule has 29 heavy (non-hydrogen) atoms. The maximum atomic E-state index is 2.71. The zero-order chi connectivity index (χ0) is 20.8. The fraction of sp³-hybridized carbons (Fsp3) is 0.862. The highest BCUT2D eigenvalue weighted by Gasteiger charge is 2.58. The predicted molar refractivity (Wildman–Crippen MR) is 127 cm³/mol. The average Bonchev–Trinajstić information content (AvgIpc) is 3.05. The van der Waals surface area contributed by atoms with E-state index in [-0.39, 0.29) is 0 Å². The number of allylic oxidation sites excluding steroid dienone is 4. The molecule has 0 amide bonds. The van der Waals surface area contributed by atoms with Crippen molar-refractivity contribution >= 4 is 0 Å². The van der Waals surface area contributed by atoms with Crippen molar-refractivity contribution in [3.8, 4) is 0 Å². The van der Waals surface area contributed by atoms with E-state index in [9.17, 15) is 0 Å². The van der Waals surface area contributed by atoms with Gasteiger partial charge in [-0.15, -0.1) is 0 Å². The van der Waals surface area contributed by atoms with Gasteiger partial charge in [0.2, 0.25) is 0 Å². The van der Waals surface area contributed by atoms with Gasteiger partial charge in [-0.2, -0.15) is 0 Å². The SMILES string of the molecule is CC[C@H](CC[C@@H](C)[C@H]1CC[C@H]2[C@@H]3C=CC4=CCCC[C@]4(C)[C@H]3CC[C@]12C)C(C)C. The van der Waals surface area contributed by atoms with Crippen LogP contribution in [0.4, 0.5) is 0 Å². The van der Waals surface area contributed by atoms with Crippen LogP contribution in [0.15, 0.2) is 23.8 Å². The number of hydrogen-bond acceptors (Lipinski definition) is 0. The van der Waals surface area contributed by atoms with Crippen LogP contribution in [0, 0.1) is 52.3 Å². The minimum atomic E-state index is 0.480. The van der Waals surface area contributed by atoms with Crippen LogP contribution in [-0.2, 0) is 0 Å². The Morgan fingerprint density at radius 3 is 2.52 bits per heavy atom. The largest absolute Gasteiger partial charge is 0.0808 e. The summed E-state index contributed by atoms with van der Waals surface area (Å²) in [5, 5.41) is 0. The first-order chi connectivity index (χ1) is 13.8. The number of rotatable bonds is 6. The molecule has 0 nitrogen and oxygen atoms in total. The van der Waals surface area contributed by atoms with Gasteiger partial charge in [0, 0.05) is 0 Å². The van der Waals surface area contributed by atoms with E-state index in [4.69, 9.17) is 0 Å². The molecule has 0 spiro atoms. The van der Waals surface area contributed by atoms with Crippen LogP contribution in [0.3, 0.4) is 0 Å². The predicted octanol–water partition coefficient (Wildman–Crippen LogP) is 8.83. The molecule has 0 radical (unpaired) electrons. The van der Waals surface area contributed by atoms with Crippen LogP contribution in [0.1, 0.15) is 106 Å². The second-order valence-electron chi connectivity index (χ2n) is 12.3. The lowest BCUT2D eigenvalue weighted by Gasteiger charge is -2.56. The minimum absolute atomic E-state index is 0.480. The van der Waals surface area contributed by atoms with Crippen molar-refractivity contribution in [3.05, 3.63) is 23.8 Å². The number of hydrogen-bond donors (Lipinski definition) is 0. The van der Waals surface area contributed by atoms with E-state index in [1.165, 1.54) is 64.2 Å². The van der Waals surface area contributed by atoms with Gasteiger partial charge in [0.1, 0.15) is 0 Å². The molecule has 164 valence electrons. The molecule has 2 saturated carbocycles. The van der Waals surface area contributed by atoms with Gasteiger partial charge < -0.3 is 0 Å². The van der Waals surface area contributed by atoms with Crippen molar-refractivity contribution in [2.45, 2.75) is 106 Å². The van der Waals surface area contributed by atoms with Crippen molar-refractivity contribution in [1.82, 2.24) is 0 Å². The first kappa shape index (κ1) is 21.7. The Morgan fingerprint density at radius 1 is 1.00 bits per heavy atom. The lowest BCUT2D eigenvalue weighted by Crippen LogP contribution is -2.49. The van der Waals surface area contributed by atoms with Gasteiger partial charge in [0.05, 0.1) is 0 Å². The highest BCUT2D eigenvalue weighted by Crippen LogP contribution is 2.66. The van der Waals surface area contributed by atoms with E-state index in [1.54, 1.807) is 5.57 Å². The molecular formula is C29H48. The van der Waals surface area contributed by atoms with Gasteiger partial charge in [-0.05, 0) is 109 Å². The highest BCUT2D eigenvalue weighted by molar-refractivity contribution is 5.35. The van der Waals surface area contributed by atoms with Crippen molar-refractivity contribution in [3.63, 3.8) is 0 Å². The van der Waals surface area contributed by atoms with Crippen molar-refractivity contribution < 1.29 is 0 Å². The Bertz CT molecular complexity index is 638. The lowest BCUT2D eigenvalue weighted by molar-refractivity contribution is -0.0268. The van der Waals surface area contributed by atoms with Gasteiger partial charge in [0.15, 0.2) is 0 Å². The second-order valence-corrected chi connectivity index (χ2v) is 12.3. The van der Waals surface area contributed by atoms with E-state index in [0.29, 0.717) is 10.8 Å². The average molecular weight is 397 g/mol. The van der Waals surface area contributed by atoms with E-state index in [0.717, 1.165) is 41.4 Å². The molecule has 0 heterocycles. The highest BCUT2D eigenvalue weighted by atomic mass is 14.6. The summed E-state index contributed by atoms with van der Waals surface area (Å²) in [6, 6.07) is 0. The third-order valence-electron chi connectivity index (χ3n) is 10.8. The molecule has 0 heteroatoms. The molecule has 2 fully saturated rings. The molecule has 0 aromatic carbocycles. The molecule has 0 aromatic heterocycles. The smallest absolute Gasteiger partial charge is 0.00445 e.